The molecule has 0 saturated carbocycles. The number of aliphatic imine (C=N–C) groups is 1. The zero-order valence-corrected chi connectivity index (χ0v) is 9.82. The molecule has 0 aliphatic rings. The van der Waals surface area contributed by atoms with Gasteiger partial charge >= 0.3 is 0 Å². The van der Waals surface area contributed by atoms with Gasteiger partial charge in [0.25, 0.3) is 0 Å². The highest BCUT2D eigenvalue weighted by atomic mass is 32.2. The molecule has 3 nitrogen and oxygen atoms in total. The van der Waals surface area contributed by atoms with Crippen molar-refractivity contribution in [1.82, 2.24) is 5.32 Å². The van der Waals surface area contributed by atoms with Gasteiger partial charge in [-0.05, 0) is 12.2 Å². The monoisotopic (exact) mass is 203 g/mol. The van der Waals surface area contributed by atoms with Crippen LogP contribution in [0.2, 0.25) is 0 Å². The van der Waals surface area contributed by atoms with E-state index in [0.29, 0.717) is 17.1 Å². The molecule has 0 aliphatic heterocycles. The van der Waals surface area contributed by atoms with Crippen LogP contribution in [0.5, 0.6) is 0 Å². The highest BCUT2D eigenvalue weighted by Crippen LogP contribution is 2.01. The van der Waals surface area contributed by atoms with E-state index in [0.717, 1.165) is 13.1 Å². The summed E-state index contributed by atoms with van der Waals surface area (Å²) in [5.74, 6) is 1.13. The van der Waals surface area contributed by atoms with Crippen molar-refractivity contribution in [2.75, 3.05) is 19.3 Å². The molecule has 0 amide bonds. The summed E-state index contributed by atoms with van der Waals surface area (Å²) in [5.41, 5.74) is 5.65. The molecule has 0 heterocycles. The molecule has 0 fully saturated rings. The average Bonchev–Trinajstić information content (AvgIpc) is 2.10. The molecule has 1 atom stereocenters. The molecule has 0 aromatic carbocycles. The molecule has 78 valence electrons. The van der Waals surface area contributed by atoms with Crippen LogP contribution in [0.3, 0.4) is 0 Å². The van der Waals surface area contributed by atoms with Crippen molar-refractivity contribution < 1.29 is 0 Å². The van der Waals surface area contributed by atoms with Gasteiger partial charge in [-0.15, -0.1) is 0 Å². The third-order valence-electron chi connectivity index (χ3n) is 1.60. The highest BCUT2D eigenvalue weighted by molar-refractivity contribution is 7.99. The fraction of sp³-hybridized carbons (Fsp3) is 0.889. The lowest BCUT2D eigenvalue weighted by atomic mass is 10.2. The normalized spacial score (nSPS) is 14.7. The number of nitrogens with two attached hydrogens (primary N) is 1. The Morgan fingerprint density at radius 1 is 1.46 bits per heavy atom. The Morgan fingerprint density at radius 3 is 2.54 bits per heavy atom. The fourth-order valence-corrected chi connectivity index (χ4v) is 0.918. The molecule has 0 bridgehead atoms. The lowest BCUT2D eigenvalue weighted by molar-refractivity contribution is 0.661. The maximum Gasteiger partial charge on any atom is 0.188 e. The highest BCUT2D eigenvalue weighted by Gasteiger charge is 1.99. The van der Waals surface area contributed by atoms with Crippen LogP contribution in [0.4, 0.5) is 0 Å². The standard InChI is InChI=1S/C9H21N3S/c1-7(2)5-11-9(10)12-6-8(3)13-4/h7-8H,5-6H2,1-4H3,(H3,10,11,12). The zero-order valence-electron chi connectivity index (χ0n) is 9.00. The van der Waals surface area contributed by atoms with Gasteiger partial charge < -0.3 is 11.1 Å². The molecule has 13 heavy (non-hydrogen) atoms. The summed E-state index contributed by atoms with van der Waals surface area (Å²) >= 11 is 1.82. The van der Waals surface area contributed by atoms with Crippen LogP contribution in [0.25, 0.3) is 0 Å². The summed E-state index contributed by atoms with van der Waals surface area (Å²) in [6.45, 7) is 8.09. The first kappa shape index (κ1) is 12.6. The molecular formula is C9H21N3S. The van der Waals surface area contributed by atoms with Gasteiger partial charge in [0.15, 0.2) is 5.96 Å². The maximum absolute atomic E-state index is 5.65. The smallest absolute Gasteiger partial charge is 0.188 e. The second kappa shape index (κ2) is 7.06. The third-order valence-corrected chi connectivity index (χ3v) is 2.57. The number of hydrogen-bond donors (Lipinski definition) is 2. The van der Waals surface area contributed by atoms with Gasteiger partial charge in [0.2, 0.25) is 0 Å². The fourth-order valence-electron chi connectivity index (χ4n) is 0.668. The van der Waals surface area contributed by atoms with Crippen molar-refractivity contribution in [1.29, 1.82) is 0 Å². The number of thioether (sulfide) groups is 1. The molecular weight excluding hydrogens is 182 g/mol. The first-order chi connectivity index (χ1) is 6.06. The largest absolute Gasteiger partial charge is 0.370 e. The van der Waals surface area contributed by atoms with Crippen molar-refractivity contribution in [3.8, 4) is 0 Å². The maximum atomic E-state index is 5.65. The molecule has 1 unspecified atom stereocenters. The second-order valence-electron chi connectivity index (χ2n) is 3.55. The quantitative estimate of drug-likeness (QED) is 0.523. The minimum atomic E-state index is 0.564. The van der Waals surface area contributed by atoms with E-state index in [4.69, 9.17) is 5.73 Å². The molecule has 0 radical (unpaired) electrons. The molecule has 3 N–H and O–H groups in total. The second-order valence-corrected chi connectivity index (χ2v) is 4.82. The Hall–Kier alpha value is -0.380. The van der Waals surface area contributed by atoms with Crippen molar-refractivity contribution in [2.45, 2.75) is 26.0 Å². The van der Waals surface area contributed by atoms with E-state index in [1.807, 2.05) is 11.8 Å². The minimum absolute atomic E-state index is 0.564. The Kier molecular flexibility index (Phi) is 6.86. The predicted molar refractivity (Wildman–Crippen MR) is 62.3 cm³/mol. The van der Waals surface area contributed by atoms with Crippen LogP contribution in [-0.4, -0.2) is 30.6 Å². The van der Waals surface area contributed by atoms with E-state index in [-0.39, 0.29) is 0 Å². The zero-order chi connectivity index (χ0) is 10.3. The number of nitrogens with zero attached hydrogens (tertiary/aromatic N) is 1. The average molecular weight is 203 g/mol. The van der Waals surface area contributed by atoms with Crippen LogP contribution in [0, 0.1) is 5.92 Å². The van der Waals surface area contributed by atoms with Crippen molar-refractivity contribution in [3.63, 3.8) is 0 Å². The van der Waals surface area contributed by atoms with Crippen LogP contribution >= 0.6 is 11.8 Å². The van der Waals surface area contributed by atoms with E-state index in [9.17, 15) is 0 Å². The summed E-state index contributed by atoms with van der Waals surface area (Å²) in [5, 5.41) is 3.67. The van der Waals surface area contributed by atoms with Gasteiger partial charge in [0.1, 0.15) is 0 Å². The number of guanidine groups is 1. The SMILES string of the molecule is CSC(C)CNC(N)=NCC(C)C. The summed E-state index contributed by atoms with van der Waals surface area (Å²) in [6, 6.07) is 0. The van der Waals surface area contributed by atoms with Gasteiger partial charge in [0.05, 0.1) is 0 Å². The Bertz CT molecular complexity index is 157. The van der Waals surface area contributed by atoms with Crippen LogP contribution in [-0.2, 0) is 0 Å². The van der Waals surface area contributed by atoms with E-state index in [1.54, 1.807) is 0 Å². The topological polar surface area (TPSA) is 50.4 Å². The van der Waals surface area contributed by atoms with Crippen molar-refractivity contribution >= 4 is 17.7 Å². The Balaban J connectivity index is 3.60. The van der Waals surface area contributed by atoms with E-state index in [2.05, 4.69) is 37.3 Å². The number of rotatable bonds is 5. The van der Waals surface area contributed by atoms with E-state index < -0.39 is 0 Å². The summed E-state index contributed by atoms with van der Waals surface area (Å²) in [4.78, 5) is 4.20. The number of nitrogens with one attached hydrogen (secondary N) is 1. The predicted octanol–water partition coefficient (Wildman–Crippen LogP) is 1.30. The van der Waals surface area contributed by atoms with Crippen LogP contribution in [0.1, 0.15) is 20.8 Å². The molecule has 0 aliphatic carbocycles. The molecule has 0 aromatic rings. The summed E-state index contributed by atoms with van der Waals surface area (Å²) in [6.07, 6.45) is 2.09. The minimum Gasteiger partial charge on any atom is -0.370 e. The van der Waals surface area contributed by atoms with E-state index >= 15 is 0 Å². The van der Waals surface area contributed by atoms with Gasteiger partial charge in [-0.1, -0.05) is 20.8 Å². The first-order valence-electron chi connectivity index (χ1n) is 4.62. The van der Waals surface area contributed by atoms with Gasteiger partial charge in [0, 0.05) is 18.3 Å². The van der Waals surface area contributed by atoms with Crippen molar-refractivity contribution in [3.05, 3.63) is 0 Å². The van der Waals surface area contributed by atoms with E-state index in [1.165, 1.54) is 0 Å². The van der Waals surface area contributed by atoms with Gasteiger partial charge in [-0.25, -0.2) is 0 Å². The Labute approximate surface area is 85.6 Å². The van der Waals surface area contributed by atoms with Crippen LogP contribution in [0.15, 0.2) is 4.99 Å². The molecule has 0 rings (SSSR count). The van der Waals surface area contributed by atoms with Crippen LogP contribution < -0.4 is 11.1 Å². The lowest BCUT2D eigenvalue weighted by Crippen LogP contribution is -2.36. The van der Waals surface area contributed by atoms with Crippen molar-refractivity contribution in [2.24, 2.45) is 16.6 Å². The Morgan fingerprint density at radius 2 is 2.08 bits per heavy atom. The lowest BCUT2D eigenvalue weighted by Gasteiger charge is -2.10. The third kappa shape index (κ3) is 7.96. The number of hydrogen-bond acceptors (Lipinski definition) is 2. The van der Waals surface area contributed by atoms with Gasteiger partial charge in [-0.3, -0.25) is 4.99 Å². The molecule has 0 aromatic heterocycles. The summed E-state index contributed by atoms with van der Waals surface area (Å²) in [7, 11) is 0. The molecule has 0 spiro atoms. The summed E-state index contributed by atoms with van der Waals surface area (Å²) < 4.78 is 0. The van der Waals surface area contributed by atoms with Gasteiger partial charge in [-0.2, -0.15) is 11.8 Å². The molecule has 0 saturated heterocycles. The molecule has 4 heteroatoms. The first-order valence-corrected chi connectivity index (χ1v) is 5.91.